The lowest BCUT2D eigenvalue weighted by molar-refractivity contribution is 0.793. The van der Waals surface area contributed by atoms with Crippen LogP contribution in [0.1, 0.15) is 20.8 Å². The Hall–Kier alpha value is -0.960. The highest BCUT2D eigenvalue weighted by molar-refractivity contribution is 5.30. The van der Waals surface area contributed by atoms with E-state index in [0.29, 0.717) is 5.92 Å². The van der Waals surface area contributed by atoms with Crippen molar-refractivity contribution in [1.29, 1.82) is 0 Å². The van der Waals surface area contributed by atoms with E-state index >= 15 is 0 Å². The maximum absolute atomic E-state index is 3.20. The fourth-order valence-corrected chi connectivity index (χ4v) is 0.800. The van der Waals surface area contributed by atoms with Gasteiger partial charge in [-0.05, 0) is 30.6 Å². The van der Waals surface area contributed by atoms with Crippen LogP contribution in [0.3, 0.4) is 0 Å². The fourth-order valence-electron chi connectivity index (χ4n) is 0.800. The van der Waals surface area contributed by atoms with E-state index in [1.807, 2.05) is 19.1 Å². The third kappa shape index (κ3) is 1.51. The van der Waals surface area contributed by atoms with E-state index in [1.165, 1.54) is 5.57 Å². The molecule has 0 spiro atoms. The molecule has 0 aromatic carbocycles. The largest absolute Gasteiger partial charge is 0.116 e. The zero-order chi connectivity index (χ0) is 7.56. The van der Waals surface area contributed by atoms with E-state index in [-0.39, 0.29) is 0 Å². The summed E-state index contributed by atoms with van der Waals surface area (Å²) in [6.45, 7) is 6.35. The summed E-state index contributed by atoms with van der Waals surface area (Å²) in [7, 11) is 0. The van der Waals surface area contributed by atoms with Gasteiger partial charge in [-0.25, -0.2) is 0 Å². The van der Waals surface area contributed by atoms with Gasteiger partial charge in [-0.3, -0.25) is 0 Å². The molecule has 1 aliphatic carbocycles. The Morgan fingerprint density at radius 3 is 2.30 bits per heavy atom. The third-order valence-electron chi connectivity index (χ3n) is 1.53. The van der Waals surface area contributed by atoms with Gasteiger partial charge >= 0.3 is 0 Å². The molecule has 0 aromatic heterocycles. The Balaban J connectivity index is 2.89. The molecular weight excluding hydrogens is 120 g/mol. The van der Waals surface area contributed by atoms with Gasteiger partial charge in [0.05, 0.1) is 0 Å². The standard InChI is InChI=1S/C10H12/c1-8(2)10-6-4-9(3)5-7-10/h4,7-8H,1-3H3. The van der Waals surface area contributed by atoms with E-state index in [0.717, 1.165) is 5.57 Å². The van der Waals surface area contributed by atoms with Crippen LogP contribution in [-0.2, 0) is 0 Å². The van der Waals surface area contributed by atoms with Crippen molar-refractivity contribution in [1.82, 2.24) is 0 Å². The Morgan fingerprint density at radius 2 is 1.90 bits per heavy atom. The molecule has 0 unspecified atom stereocenters. The van der Waals surface area contributed by atoms with Gasteiger partial charge in [-0.15, -0.1) is 11.5 Å². The van der Waals surface area contributed by atoms with Crippen molar-refractivity contribution in [3.05, 3.63) is 34.8 Å². The Kier molecular flexibility index (Phi) is 1.97. The lowest BCUT2D eigenvalue weighted by Crippen LogP contribution is -1.89. The maximum atomic E-state index is 3.20. The SMILES string of the molecule is CC1=C=CC(C(C)C)=C=C1. The molecule has 0 heterocycles. The second kappa shape index (κ2) is 2.75. The predicted molar refractivity (Wildman–Crippen MR) is 43.7 cm³/mol. The summed E-state index contributed by atoms with van der Waals surface area (Å²) in [6, 6.07) is 0. The molecular formula is C10H12. The molecule has 0 heteroatoms. The highest BCUT2D eigenvalue weighted by Crippen LogP contribution is 2.12. The van der Waals surface area contributed by atoms with Gasteiger partial charge in [0.2, 0.25) is 0 Å². The molecule has 0 radical (unpaired) electrons. The summed E-state index contributed by atoms with van der Waals surface area (Å²) >= 11 is 0. The minimum Gasteiger partial charge on any atom is -0.116 e. The van der Waals surface area contributed by atoms with E-state index < -0.39 is 0 Å². The van der Waals surface area contributed by atoms with Gasteiger partial charge in [0.15, 0.2) is 0 Å². The Labute approximate surface area is 62.3 Å². The van der Waals surface area contributed by atoms with Crippen molar-refractivity contribution < 1.29 is 0 Å². The highest BCUT2D eigenvalue weighted by Gasteiger charge is 1.98. The molecule has 0 saturated heterocycles. The lowest BCUT2D eigenvalue weighted by Gasteiger charge is -2.02. The average molecular weight is 132 g/mol. The molecule has 0 bridgehead atoms. The Morgan fingerprint density at radius 1 is 1.20 bits per heavy atom. The minimum atomic E-state index is 0.567. The predicted octanol–water partition coefficient (Wildman–Crippen LogP) is 2.84. The lowest BCUT2D eigenvalue weighted by atomic mass is 10.0. The van der Waals surface area contributed by atoms with Crippen LogP contribution < -0.4 is 0 Å². The van der Waals surface area contributed by atoms with Crippen molar-refractivity contribution in [3.8, 4) is 0 Å². The second-order valence-corrected chi connectivity index (χ2v) is 2.87. The van der Waals surface area contributed by atoms with Crippen molar-refractivity contribution >= 4 is 0 Å². The zero-order valence-corrected chi connectivity index (χ0v) is 6.73. The molecule has 10 heavy (non-hydrogen) atoms. The van der Waals surface area contributed by atoms with Crippen LogP contribution in [0.5, 0.6) is 0 Å². The summed E-state index contributed by atoms with van der Waals surface area (Å²) < 4.78 is 0. The molecule has 0 aromatic rings. The van der Waals surface area contributed by atoms with Gasteiger partial charge in [-0.2, -0.15) is 0 Å². The molecule has 0 atom stereocenters. The van der Waals surface area contributed by atoms with Crippen molar-refractivity contribution in [2.75, 3.05) is 0 Å². The summed E-state index contributed by atoms with van der Waals surface area (Å²) in [4.78, 5) is 0. The summed E-state index contributed by atoms with van der Waals surface area (Å²) in [5.74, 6) is 0.567. The molecule has 0 saturated carbocycles. The maximum Gasteiger partial charge on any atom is 0.00426 e. The van der Waals surface area contributed by atoms with Gasteiger partial charge in [0.25, 0.3) is 0 Å². The average Bonchev–Trinajstić information content (AvgIpc) is 1.88. The van der Waals surface area contributed by atoms with Gasteiger partial charge in [-0.1, -0.05) is 13.8 Å². The number of allylic oxidation sites excluding steroid dienone is 2. The first-order valence-electron chi connectivity index (χ1n) is 3.60. The monoisotopic (exact) mass is 132 g/mol. The number of hydrogen-bond donors (Lipinski definition) is 0. The van der Waals surface area contributed by atoms with Crippen LogP contribution in [-0.4, -0.2) is 0 Å². The van der Waals surface area contributed by atoms with E-state index in [1.54, 1.807) is 0 Å². The minimum absolute atomic E-state index is 0.567. The normalized spacial score (nSPS) is 15.6. The summed E-state index contributed by atoms with van der Waals surface area (Å²) in [5.41, 5.74) is 8.75. The number of hydrogen-bond acceptors (Lipinski definition) is 0. The van der Waals surface area contributed by atoms with Crippen molar-refractivity contribution in [3.63, 3.8) is 0 Å². The molecule has 1 rings (SSSR count). The molecule has 0 N–H and O–H groups in total. The first-order valence-corrected chi connectivity index (χ1v) is 3.60. The van der Waals surface area contributed by atoms with Gasteiger partial charge in [0.1, 0.15) is 0 Å². The summed E-state index contributed by atoms with van der Waals surface area (Å²) in [5, 5.41) is 0. The van der Waals surface area contributed by atoms with Crippen LogP contribution in [0.25, 0.3) is 0 Å². The first-order chi connectivity index (χ1) is 4.70. The highest BCUT2D eigenvalue weighted by atomic mass is 14.0. The molecule has 0 aliphatic heterocycles. The molecule has 52 valence electrons. The Bertz CT molecular complexity index is 252. The van der Waals surface area contributed by atoms with Gasteiger partial charge < -0.3 is 0 Å². The first kappa shape index (κ1) is 7.15. The molecule has 0 amide bonds. The zero-order valence-electron chi connectivity index (χ0n) is 6.73. The van der Waals surface area contributed by atoms with Crippen molar-refractivity contribution in [2.45, 2.75) is 20.8 Å². The van der Waals surface area contributed by atoms with Gasteiger partial charge in [0, 0.05) is 5.57 Å². The van der Waals surface area contributed by atoms with Crippen LogP contribution in [0.4, 0.5) is 0 Å². The molecule has 0 fully saturated rings. The van der Waals surface area contributed by atoms with E-state index in [4.69, 9.17) is 0 Å². The van der Waals surface area contributed by atoms with Crippen LogP contribution in [0.2, 0.25) is 0 Å². The molecule has 1 aliphatic rings. The smallest absolute Gasteiger partial charge is 0.00426 e. The molecule has 0 nitrogen and oxygen atoms in total. The second-order valence-electron chi connectivity index (χ2n) is 2.87. The van der Waals surface area contributed by atoms with Crippen LogP contribution in [0, 0.1) is 5.92 Å². The van der Waals surface area contributed by atoms with E-state index in [9.17, 15) is 0 Å². The third-order valence-corrected chi connectivity index (χ3v) is 1.53. The van der Waals surface area contributed by atoms with Crippen molar-refractivity contribution in [2.24, 2.45) is 5.92 Å². The quantitative estimate of drug-likeness (QED) is 0.481. The fraction of sp³-hybridized carbons (Fsp3) is 0.400. The number of rotatable bonds is 1. The summed E-state index contributed by atoms with van der Waals surface area (Å²) in [6.07, 6.45) is 4.00. The van der Waals surface area contributed by atoms with Crippen LogP contribution in [0.15, 0.2) is 34.8 Å². The topological polar surface area (TPSA) is 0 Å². The van der Waals surface area contributed by atoms with E-state index in [2.05, 4.69) is 25.3 Å². The van der Waals surface area contributed by atoms with Crippen LogP contribution >= 0.6 is 0 Å².